The first kappa shape index (κ1) is 17.1. The average molecular weight is 382 g/mol. The van der Waals surface area contributed by atoms with Crippen LogP contribution in [0.25, 0.3) is 0 Å². The maximum Gasteiger partial charge on any atom is 0.186 e. The zero-order chi connectivity index (χ0) is 16.8. The van der Waals surface area contributed by atoms with Crippen molar-refractivity contribution in [2.24, 2.45) is 0 Å². The minimum Gasteiger partial charge on any atom is -0.504 e. The van der Waals surface area contributed by atoms with Gasteiger partial charge in [0.15, 0.2) is 15.6 Å². The second kappa shape index (κ2) is 7.05. The largest absolute Gasteiger partial charge is 0.504 e. The summed E-state index contributed by atoms with van der Waals surface area (Å²) < 4.78 is 33.5. The van der Waals surface area contributed by atoms with Gasteiger partial charge in [0.05, 0.1) is 17.3 Å². The summed E-state index contributed by atoms with van der Waals surface area (Å²) in [5.41, 5.74) is 5.47. The van der Waals surface area contributed by atoms with E-state index in [0.29, 0.717) is 18.9 Å². The molecule has 0 unspecified atom stereocenters. The van der Waals surface area contributed by atoms with Crippen LogP contribution in [0.15, 0.2) is 17.0 Å². The van der Waals surface area contributed by atoms with E-state index in [2.05, 4.69) is 4.90 Å². The Kier molecular flexibility index (Phi) is 5.26. The highest BCUT2D eigenvalue weighted by molar-refractivity contribution is 7.92. The zero-order valence-electron chi connectivity index (χ0n) is 13.7. The lowest BCUT2D eigenvalue weighted by molar-refractivity contribution is 0.106. The molecule has 3 N–H and O–H groups in total. The fourth-order valence-corrected chi connectivity index (χ4v) is 5.57. The van der Waals surface area contributed by atoms with Gasteiger partial charge in [-0.2, -0.15) is 0 Å². The molecule has 0 bridgehead atoms. The molecule has 1 aliphatic heterocycles. The molecule has 1 saturated heterocycles. The molecule has 1 aromatic rings. The number of halogens is 2. The topological polar surface area (TPSA) is 83.6 Å². The molecular formula is C15H22Cl2N2O3S. The van der Waals surface area contributed by atoms with Gasteiger partial charge in [-0.25, -0.2) is 8.42 Å². The molecule has 1 saturated carbocycles. The Labute approximate surface area is 149 Å². The number of likely N-dealkylation sites (tertiary alicyclic amines) is 1. The van der Waals surface area contributed by atoms with Gasteiger partial charge in [0.2, 0.25) is 0 Å². The molecule has 2 aliphatic rings. The third-order valence-electron chi connectivity index (χ3n) is 4.83. The molecule has 0 spiro atoms. The Morgan fingerprint density at radius 1 is 1.30 bits per heavy atom. The number of hydrogen-bond acceptors (Lipinski definition) is 5. The third-order valence-corrected chi connectivity index (χ3v) is 7.56. The van der Waals surface area contributed by atoms with Crippen molar-refractivity contribution < 1.29 is 14.9 Å². The Hall–Kier alpha value is -0.690. The highest BCUT2D eigenvalue weighted by Crippen LogP contribution is 2.39. The van der Waals surface area contributed by atoms with Crippen molar-refractivity contribution >= 4 is 39.5 Å². The summed E-state index contributed by atoms with van der Waals surface area (Å²) in [6.45, 7) is 1.48. The second-order valence-electron chi connectivity index (χ2n) is 6.10. The maximum absolute atomic E-state index is 12.9. The third kappa shape index (κ3) is 3.40. The van der Waals surface area contributed by atoms with Crippen LogP contribution in [-0.4, -0.2) is 42.8 Å². The van der Waals surface area contributed by atoms with Crippen molar-refractivity contribution in [2.45, 2.75) is 48.3 Å². The van der Waals surface area contributed by atoms with Crippen LogP contribution in [0.5, 0.6) is 5.75 Å². The molecule has 1 heterocycles. The predicted molar refractivity (Wildman–Crippen MR) is 94.2 cm³/mol. The first-order chi connectivity index (χ1) is 10.8. The van der Waals surface area contributed by atoms with Crippen LogP contribution >= 0.6 is 24.0 Å². The fraction of sp³-hybridized carbons (Fsp3) is 0.600. The summed E-state index contributed by atoms with van der Waals surface area (Å²) in [4.78, 5) is 1.97. The summed E-state index contributed by atoms with van der Waals surface area (Å²) in [5, 5.41) is 9.23. The lowest BCUT2D eigenvalue weighted by Gasteiger charge is -2.41. The Bertz CT molecular complexity index is 692. The molecule has 2 fully saturated rings. The summed E-state index contributed by atoms with van der Waals surface area (Å²) in [6, 6.07) is 1.57. The predicted octanol–water partition coefficient (Wildman–Crippen LogP) is 2.84. The number of nitrogens with zero attached hydrogens (tertiary/aromatic N) is 1. The van der Waals surface area contributed by atoms with Gasteiger partial charge < -0.3 is 15.7 Å². The number of rotatable bonds is 3. The fourth-order valence-electron chi connectivity index (χ4n) is 3.24. The van der Waals surface area contributed by atoms with E-state index in [4.69, 9.17) is 18.7 Å². The summed E-state index contributed by atoms with van der Waals surface area (Å²) in [5.74, 6) is -0.535. The molecule has 3 rings (SSSR count). The van der Waals surface area contributed by atoms with Gasteiger partial charge in [0.1, 0.15) is 4.90 Å². The number of nitrogens with two attached hydrogens (primary N) is 1. The van der Waals surface area contributed by atoms with Crippen molar-refractivity contribution in [2.75, 3.05) is 18.8 Å². The summed E-state index contributed by atoms with van der Waals surface area (Å²) in [6.07, 6.45) is 4.67. The molecule has 0 amide bonds. The summed E-state index contributed by atoms with van der Waals surface area (Å²) in [7, 11) is -3.81. The highest BCUT2D eigenvalue weighted by Gasteiger charge is 2.37. The number of anilines is 1. The number of hydrogen-bond donors (Lipinski definition) is 2. The van der Waals surface area contributed by atoms with E-state index in [1.54, 1.807) is 0 Å². The van der Waals surface area contributed by atoms with Crippen molar-refractivity contribution in [1.82, 2.24) is 4.90 Å². The van der Waals surface area contributed by atoms with Crippen LogP contribution in [0.2, 0.25) is 5.02 Å². The number of nitrogen functional groups attached to an aromatic ring is 1. The summed E-state index contributed by atoms with van der Waals surface area (Å²) >= 11 is 5.99. The van der Waals surface area contributed by atoms with E-state index in [0.717, 1.165) is 19.2 Å². The first-order valence-corrected chi connectivity index (χ1v) is 9.50. The number of phenolic OH excluding ortho intramolecular Hbond substituents is 1. The van der Waals surface area contributed by atoms with Crippen LogP contribution < -0.4 is 5.73 Å². The number of aromatic hydroxyl groups is 1. The molecule has 5 nitrogen and oxygen atoms in total. The number of sulfone groups is 1. The van der Waals surface area contributed by atoms with Gasteiger partial charge in [-0.1, -0.05) is 18.0 Å². The standard InChI is InChI=1S/C15H21ClN2O3S.ClH/c16-12-4-5-13(17)14(19)15(12)22(20,21)11-6-8-18(9-7-11)10-2-1-3-10;/h4-5,10-11,19H,1-3,6-9,17H2;1H/i4D;. The Balaban J connectivity index is 0.00000208. The van der Waals surface area contributed by atoms with Crippen molar-refractivity contribution in [1.29, 1.82) is 0 Å². The number of phenols is 1. The molecule has 8 heteroatoms. The van der Waals surface area contributed by atoms with E-state index in [1.807, 2.05) is 0 Å². The van der Waals surface area contributed by atoms with Crippen LogP contribution in [0, 0.1) is 0 Å². The maximum atomic E-state index is 12.9. The van der Waals surface area contributed by atoms with E-state index in [9.17, 15) is 13.5 Å². The molecule has 1 aliphatic carbocycles. The minimum absolute atomic E-state index is 0. The molecule has 0 radical (unpaired) electrons. The number of piperidine rings is 1. The normalized spacial score (nSPS) is 21.3. The highest BCUT2D eigenvalue weighted by atomic mass is 35.5. The van der Waals surface area contributed by atoms with E-state index in [1.165, 1.54) is 19.3 Å². The minimum atomic E-state index is -3.81. The zero-order valence-corrected chi connectivity index (χ0v) is 15.1. The second-order valence-corrected chi connectivity index (χ2v) is 8.64. The monoisotopic (exact) mass is 381 g/mol. The van der Waals surface area contributed by atoms with Crippen molar-refractivity contribution in [3.63, 3.8) is 0 Å². The van der Waals surface area contributed by atoms with Gasteiger partial charge in [0, 0.05) is 6.04 Å². The Morgan fingerprint density at radius 2 is 1.91 bits per heavy atom. The average Bonchev–Trinajstić information content (AvgIpc) is 2.44. The molecular weight excluding hydrogens is 359 g/mol. The van der Waals surface area contributed by atoms with Crippen molar-refractivity contribution in [3.8, 4) is 5.75 Å². The van der Waals surface area contributed by atoms with Crippen molar-refractivity contribution in [3.05, 3.63) is 17.1 Å². The lowest BCUT2D eigenvalue weighted by atomic mass is 9.90. The SMILES string of the molecule is Cl.[2H]c1cc(N)c(O)c(S(=O)(=O)C2CCN(C3CCC3)CC2)c1Cl. The smallest absolute Gasteiger partial charge is 0.186 e. The first-order valence-electron chi connectivity index (χ1n) is 8.08. The molecule has 0 atom stereocenters. The van der Waals surface area contributed by atoms with Gasteiger partial charge in [-0.15, -0.1) is 12.4 Å². The molecule has 130 valence electrons. The lowest BCUT2D eigenvalue weighted by Crippen LogP contribution is -2.47. The van der Waals surface area contributed by atoms with Crippen LogP contribution in [-0.2, 0) is 9.84 Å². The van der Waals surface area contributed by atoms with Gasteiger partial charge in [-0.3, -0.25) is 0 Å². The Morgan fingerprint density at radius 3 is 2.43 bits per heavy atom. The van der Waals surface area contributed by atoms with Gasteiger partial charge in [0.25, 0.3) is 0 Å². The van der Waals surface area contributed by atoms with E-state index in [-0.39, 0.29) is 34.1 Å². The van der Waals surface area contributed by atoms with Gasteiger partial charge >= 0.3 is 0 Å². The number of benzene rings is 1. The quantitative estimate of drug-likeness (QED) is 0.621. The molecule has 1 aromatic carbocycles. The molecule has 0 aromatic heterocycles. The van der Waals surface area contributed by atoms with Crippen LogP contribution in [0.4, 0.5) is 5.69 Å². The van der Waals surface area contributed by atoms with Crippen LogP contribution in [0.3, 0.4) is 0 Å². The van der Waals surface area contributed by atoms with E-state index < -0.39 is 20.8 Å². The van der Waals surface area contributed by atoms with Crippen LogP contribution in [0.1, 0.15) is 33.5 Å². The molecule has 23 heavy (non-hydrogen) atoms. The van der Waals surface area contributed by atoms with Gasteiger partial charge in [-0.05, 0) is 50.9 Å². The van der Waals surface area contributed by atoms with E-state index >= 15 is 0 Å².